The van der Waals surface area contributed by atoms with Crippen molar-refractivity contribution >= 4 is 42.6 Å². The highest BCUT2D eigenvalue weighted by Crippen LogP contribution is 2.40. The summed E-state index contributed by atoms with van der Waals surface area (Å²) in [6.45, 7) is 0. The van der Waals surface area contributed by atoms with Crippen molar-refractivity contribution in [1.82, 2.24) is 4.98 Å². The van der Waals surface area contributed by atoms with Crippen molar-refractivity contribution in [2.75, 3.05) is 0 Å². The normalized spacial score (nSPS) is 11.5. The Morgan fingerprint density at radius 1 is 0.475 bits per heavy atom. The Morgan fingerprint density at radius 3 is 2.05 bits per heavy atom. The molecule has 0 radical (unpaired) electrons. The molecule has 0 saturated carbocycles. The third-order valence-corrected chi connectivity index (χ3v) is 8.76. The summed E-state index contributed by atoms with van der Waals surface area (Å²) in [5.41, 5.74) is 9.61. The molecule has 8 aromatic rings. The average molecular weight is 530 g/mol. The van der Waals surface area contributed by atoms with Crippen molar-refractivity contribution in [1.29, 1.82) is 0 Å². The lowest BCUT2D eigenvalue weighted by molar-refractivity contribution is 0.621. The molecule has 0 amide bonds. The molecule has 40 heavy (non-hydrogen) atoms. The summed E-state index contributed by atoms with van der Waals surface area (Å²) in [4.78, 5) is 4.87. The van der Waals surface area contributed by atoms with Gasteiger partial charge in [-0.1, -0.05) is 109 Å². The summed E-state index contributed by atoms with van der Waals surface area (Å²) < 4.78 is 9.07. The van der Waals surface area contributed by atoms with E-state index in [4.69, 9.17) is 9.40 Å². The summed E-state index contributed by atoms with van der Waals surface area (Å²) in [5.74, 6) is 0.633. The molecule has 0 aliphatic carbocycles. The summed E-state index contributed by atoms with van der Waals surface area (Å²) in [5, 5.41) is 2.63. The van der Waals surface area contributed by atoms with Crippen LogP contribution in [0.3, 0.4) is 0 Å². The quantitative estimate of drug-likeness (QED) is 0.227. The van der Waals surface area contributed by atoms with Gasteiger partial charge >= 0.3 is 0 Å². The minimum atomic E-state index is 0.633. The molecule has 2 heterocycles. The predicted molar refractivity (Wildman–Crippen MR) is 169 cm³/mol. The fraction of sp³-hybridized carbons (Fsp3) is 0. The monoisotopic (exact) mass is 529 g/mol. The second-order valence-electron chi connectivity index (χ2n) is 9.98. The summed E-state index contributed by atoms with van der Waals surface area (Å²) in [6, 6.07) is 49.0. The summed E-state index contributed by atoms with van der Waals surface area (Å²) >= 11 is 1.85. The van der Waals surface area contributed by atoms with Crippen LogP contribution in [0, 0.1) is 0 Å². The van der Waals surface area contributed by atoms with Crippen LogP contribution in [0.2, 0.25) is 0 Å². The molecule has 0 spiro atoms. The smallest absolute Gasteiger partial charge is 0.227 e. The van der Waals surface area contributed by atoms with E-state index in [1.54, 1.807) is 0 Å². The van der Waals surface area contributed by atoms with Gasteiger partial charge in [0.1, 0.15) is 5.52 Å². The highest BCUT2D eigenvalue weighted by molar-refractivity contribution is 7.26. The van der Waals surface area contributed by atoms with E-state index in [0.717, 1.165) is 27.8 Å². The molecule has 0 fully saturated rings. The van der Waals surface area contributed by atoms with Crippen LogP contribution in [-0.4, -0.2) is 4.98 Å². The Labute approximate surface area is 235 Å². The van der Waals surface area contributed by atoms with Crippen LogP contribution in [0.25, 0.3) is 76.1 Å². The Kier molecular flexibility index (Phi) is 5.35. The first kappa shape index (κ1) is 22.9. The molecule has 0 bridgehead atoms. The molecule has 188 valence electrons. The molecule has 0 N–H and O–H groups in total. The zero-order chi connectivity index (χ0) is 26.5. The molecule has 0 aliphatic rings. The SMILES string of the molecule is c1ccc(-c2cccc(-c3cccc4nc(-c5ccc(-c6cccc7c6sc6ccccc67)cc5)oc34)c2)cc1. The van der Waals surface area contributed by atoms with Crippen molar-refractivity contribution in [3.05, 3.63) is 140 Å². The van der Waals surface area contributed by atoms with Crippen LogP contribution in [0.5, 0.6) is 0 Å². The lowest BCUT2D eigenvalue weighted by atomic mass is 9.99. The first-order valence-corrected chi connectivity index (χ1v) is 14.2. The maximum Gasteiger partial charge on any atom is 0.227 e. The number of fused-ring (bicyclic) bond motifs is 4. The number of benzene rings is 6. The van der Waals surface area contributed by atoms with Crippen LogP contribution < -0.4 is 0 Å². The van der Waals surface area contributed by atoms with Gasteiger partial charge in [0.05, 0.1) is 0 Å². The van der Waals surface area contributed by atoms with E-state index in [9.17, 15) is 0 Å². The van der Waals surface area contributed by atoms with Gasteiger partial charge in [-0.15, -0.1) is 11.3 Å². The Balaban J connectivity index is 1.17. The summed E-state index contributed by atoms with van der Waals surface area (Å²) in [6.07, 6.45) is 0. The topological polar surface area (TPSA) is 26.0 Å². The van der Waals surface area contributed by atoms with Crippen LogP contribution in [-0.2, 0) is 0 Å². The fourth-order valence-corrected chi connectivity index (χ4v) is 6.80. The van der Waals surface area contributed by atoms with E-state index >= 15 is 0 Å². The second kappa shape index (κ2) is 9.33. The van der Waals surface area contributed by atoms with Crippen molar-refractivity contribution in [3.8, 4) is 44.8 Å². The minimum absolute atomic E-state index is 0.633. The molecular weight excluding hydrogens is 506 g/mol. The number of para-hydroxylation sites is 1. The largest absolute Gasteiger partial charge is 0.435 e. The van der Waals surface area contributed by atoms with Crippen molar-refractivity contribution in [2.24, 2.45) is 0 Å². The van der Waals surface area contributed by atoms with E-state index in [1.165, 1.54) is 42.4 Å². The number of rotatable bonds is 4. The molecule has 8 rings (SSSR count). The zero-order valence-electron chi connectivity index (χ0n) is 21.5. The standard InChI is InChI=1S/C37H23NOS/c1-2-9-24(10-3-1)27-11-6-12-28(23-27)29-14-8-17-33-35(29)39-37(38-33)26-21-19-25(20-22-26)30-15-7-16-32-31-13-4-5-18-34(31)40-36(30)32/h1-23H. The average Bonchev–Trinajstić information content (AvgIpc) is 3.64. The van der Waals surface area contributed by atoms with Crippen LogP contribution >= 0.6 is 11.3 Å². The third kappa shape index (κ3) is 3.83. The fourth-order valence-electron chi connectivity index (χ4n) is 5.56. The van der Waals surface area contributed by atoms with E-state index in [0.29, 0.717) is 5.89 Å². The number of thiophene rings is 1. The Bertz CT molecular complexity index is 2150. The van der Waals surface area contributed by atoms with Crippen molar-refractivity contribution in [2.45, 2.75) is 0 Å². The van der Waals surface area contributed by atoms with Gasteiger partial charge in [0.15, 0.2) is 5.58 Å². The van der Waals surface area contributed by atoms with Crippen LogP contribution in [0.1, 0.15) is 0 Å². The van der Waals surface area contributed by atoms with Gasteiger partial charge < -0.3 is 4.42 Å². The van der Waals surface area contributed by atoms with Gasteiger partial charge in [-0.05, 0) is 58.1 Å². The molecule has 0 atom stereocenters. The van der Waals surface area contributed by atoms with Crippen molar-refractivity contribution < 1.29 is 4.42 Å². The first-order chi connectivity index (χ1) is 19.8. The lowest BCUT2D eigenvalue weighted by Crippen LogP contribution is -1.82. The molecule has 3 heteroatoms. The highest BCUT2D eigenvalue weighted by Gasteiger charge is 2.15. The van der Waals surface area contributed by atoms with E-state index < -0.39 is 0 Å². The van der Waals surface area contributed by atoms with Gasteiger partial charge in [0.25, 0.3) is 0 Å². The maximum absolute atomic E-state index is 6.43. The highest BCUT2D eigenvalue weighted by atomic mass is 32.1. The molecule has 0 unspecified atom stereocenters. The van der Waals surface area contributed by atoms with Crippen LogP contribution in [0.15, 0.2) is 144 Å². The van der Waals surface area contributed by atoms with Gasteiger partial charge in [-0.2, -0.15) is 0 Å². The van der Waals surface area contributed by atoms with E-state index in [2.05, 4.69) is 121 Å². The van der Waals surface area contributed by atoms with Gasteiger partial charge in [-0.25, -0.2) is 4.98 Å². The summed E-state index contributed by atoms with van der Waals surface area (Å²) in [7, 11) is 0. The van der Waals surface area contributed by atoms with Gasteiger partial charge in [0.2, 0.25) is 5.89 Å². The molecule has 6 aromatic carbocycles. The minimum Gasteiger partial charge on any atom is -0.435 e. The predicted octanol–water partition coefficient (Wildman–Crippen LogP) is 10.9. The van der Waals surface area contributed by atoms with E-state index in [1.807, 2.05) is 29.5 Å². The lowest BCUT2D eigenvalue weighted by Gasteiger charge is -2.06. The number of hydrogen-bond acceptors (Lipinski definition) is 3. The third-order valence-electron chi connectivity index (χ3n) is 7.54. The molecule has 2 nitrogen and oxygen atoms in total. The van der Waals surface area contributed by atoms with E-state index in [-0.39, 0.29) is 0 Å². The Hall–Kier alpha value is -4.99. The molecule has 0 aliphatic heterocycles. The van der Waals surface area contributed by atoms with Gasteiger partial charge in [-0.3, -0.25) is 0 Å². The maximum atomic E-state index is 6.43. The second-order valence-corrected chi connectivity index (χ2v) is 11.0. The van der Waals surface area contributed by atoms with Crippen molar-refractivity contribution in [3.63, 3.8) is 0 Å². The Morgan fingerprint density at radius 2 is 1.15 bits per heavy atom. The number of aromatic nitrogens is 1. The van der Waals surface area contributed by atoms with Gasteiger partial charge in [0, 0.05) is 31.3 Å². The molecule has 2 aromatic heterocycles. The van der Waals surface area contributed by atoms with Crippen LogP contribution in [0.4, 0.5) is 0 Å². The zero-order valence-corrected chi connectivity index (χ0v) is 22.4. The molecule has 0 saturated heterocycles. The first-order valence-electron chi connectivity index (χ1n) is 13.4. The number of hydrogen-bond donors (Lipinski definition) is 0. The molecular formula is C37H23NOS. The number of nitrogens with zero attached hydrogens (tertiary/aromatic N) is 1. The number of oxazole rings is 1.